The lowest BCUT2D eigenvalue weighted by Crippen LogP contribution is -2.45. The van der Waals surface area contributed by atoms with Crippen molar-refractivity contribution in [3.05, 3.63) is 35.4 Å². The van der Waals surface area contributed by atoms with Crippen molar-refractivity contribution in [2.24, 2.45) is 0 Å². The van der Waals surface area contributed by atoms with Crippen LogP contribution in [-0.4, -0.2) is 30.8 Å². The van der Waals surface area contributed by atoms with Gasteiger partial charge in [0.15, 0.2) is 0 Å². The topological polar surface area (TPSA) is 64.6 Å². The van der Waals surface area contributed by atoms with Gasteiger partial charge in [-0.05, 0) is 44.7 Å². The Hall–Kier alpha value is -2.04. The normalized spacial score (nSPS) is 12.4. The van der Waals surface area contributed by atoms with E-state index in [1.807, 2.05) is 12.1 Å². The second-order valence-corrected chi connectivity index (χ2v) is 7.20. The predicted molar refractivity (Wildman–Crippen MR) is 98.5 cm³/mol. The molecule has 0 saturated carbocycles. The van der Waals surface area contributed by atoms with Crippen LogP contribution in [0.25, 0.3) is 0 Å². The molecule has 0 saturated heterocycles. The first kappa shape index (κ1) is 21.0. The molecule has 0 bridgehead atoms. The highest BCUT2D eigenvalue weighted by molar-refractivity contribution is 5.81. The summed E-state index contributed by atoms with van der Waals surface area (Å²) in [7, 11) is 1.31. The van der Waals surface area contributed by atoms with E-state index in [2.05, 4.69) is 24.4 Å². The standard InChI is InChI=1S/C20H31NO4/c1-6-7-8-9-15-10-12-16(13-11-15)14-17(18(22)24-5)21-19(23)25-20(2,3)4/h10-13,17H,6-9,14H2,1-5H3,(H,21,23)/t17-/m0/s1. The molecule has 1 N–H and O–H groups in total. The van der Waals surface area contributed by atoms with Crippen molar-refractivity contribution in [2.45, 2.75) is 71.4 Å². The number of hydrogen-bond donors (Lipinski definition) is 1. The summed E-state index contributed by atoms with van der Waals surface area (Å²) in [5.41, 5.74) is 1.63. The SMILES string of the molecule is CCCCCc1ccc(C[C@H](NC(=O)OC(C)(C)C)C(=O)OC)cc1. The number of hydrogen-bond acceptors (Lipinski definition) is 4. The summed E-state index contributed by atoms with van der Waals surface area (Å²) >= 11 is 0. The molecule has 1 aromatic carbocycles. The highest BCUT2D eigenvalue weighted by Gasteiger charge is 2.25. The number of methoxy groups -OCH3 is 1. The van der Waals surface area contributed by atoms with Crippen LogP contribution in [0.4, 0.5) is 4.79 Å². The van der Waals surface area contributed by atoms with Gasteiger partial charge in [-0.3, -0.25) is 0 Å². The quantitative estimate of drug-likeness (QED) is 0.568. The Labute approximate surface area is 151 Å². The average Bonchev–Trinajstić information content (AvgIpc) is 2.53. The molecule has 0 aliphatic heterocycles. The molecule has 1 amide bonds. The smallest absolute Gasteiger partial charge is 0.408 e. The molecule has 5 nitrogen and oxygen atoms in total. The van der Waals surface area contributed by atoms with Crippen LogP contribution < -0.4 is 5.32 Å². The molecule has 0 unspecified atom stereocenters. The Morgan fingerprint density at radius 2 is 1.68 bits per heavy atom. The van der Waals surface area contributed by atoms with E-state index in [4.69, 9.17) is 9.47 Å². The number of amides is 1. The maximum Gasteiger partial charge on any atom is 0.408 e. The van der Waals surface area contributed by atoms with Gasteiger partial charge >= 0.3 is 12.1 Å². The van der Waals surface area contributed by atoms with E-state index < -0.39 is 23.7 Å². The van der Waals surface area contributed by atoms with Crippen LogP contribution in [0.5, 0.6) is 0 Å². The van der Waals surface area contributed by atoms with Crippen LogP contribution in [0.3, 0.4) is 0 Å². The molecule has 5 heteroatoms. The summed E-state index contributed by atoms with van der Waals surface area (Å²) in [6, 6.07) is 7.37. The van der Waals surface area contributed by atoms with Crippen molar-refractivity contribution in [1.29, 1.82) is 0 Å². The lowest BCUT2D eigenvalue weighted by molar-refractivity contribution is -0.143. The van der Waals surface area contributed by atoms with E-state index in [0.29, 0.717) is 6.42 Å². The van der Waals surface area contributed by atoms with Gasteiger partial charge in [0.25, 0.3) is 0 Å². The van der Waals surface area contributed by atoms with Gasteiger partial charge in [0.2, 0.25) is 0 Å². The van der Waals surface area contributed by atoms with Crippen LogP contribution in [-0.2, 0) is 27.1 Å². The summed E-state index contributed by atoms with van der Waals surface area (Å²) in [4.78, 5) is 23.9. The Morgan fingerprint density at radius 3 is 2.20 bits per heavy atom. The fourth-order valence-corrected chi connectivity index (χ4v) is 2.44. The largest absolute Gasteiger partial charge is 0.467 e. The second-order valence-electron chi connectivity index (χ2n) is 7.20. The fraction of sp³-hybridized carbons (Fsp3) is 0.600. The van der Waals surface area contributed by atoms with E-state index in [1.54, 1.807) is 20.8 Å². The van der Waals surface area contributed by atoms with Crippen molar-refractivity contribution in [3.63, 3.8) is 0 Å². The molecule has 0 aliphatic carbocycles. The molecular formula is C20H31NO4. The molecule has 1 rings (SSSR count). The van der Waals surface area contributed by atoms with Gasteiger partial charge in [-0.1, -0.05) is 44.0 Å². The molecule has 1 aromatic rings. The van der Waals surface area contributed by atoms with E-state index >= 15 is 0 Å². The number of aryl methyl sites for hydroxylation is 1. The third-order valence-electron chi connectivity index (χ3n) is 3.71. The fourth-order valence-electron chi connectivity index (χ4n) is 2.44. The van der Waals surface area contributed by atoms with Crippen LogP contribution in [0.15, 0.2) is 24.3 Å². The first-order valence-electron chi connectivity index (χ1n) is 8.90. The van der Waals surface area contributed by atoms with Gasteiger partial charge in [0.1, 0.15) is 11.6 Å². The zero-order valence-corrected chi connectivity index (χ0v) is 16.1. The van der Waals surface area contributed by atoms with Crippen molar-refractivity contribution >= 4 is 12.1 Å². The number of carbonyl (C=O) groups excluding carboxylic acids is 2. The summed E-state index contributed by atoms with van der Waals surface area (Å²) in [5.74, 6) is -0.488. The minimum Gasteiger partial charge on any atom is -0.467 e. The Bertz CT molecular complexity index is 546. The molecular weight excluding hydrogens is 318 g/mol. The minimum atomic E-state index is -0.772. The van der Waals surface area contributed by atoms with Crippen molar-refractivity contribution in [2.75, 3.05) is 7.11 Å². The number of carbonyl (C=O) groups is 2. The average molecular weight is 349 g/mol. The number of esters is 1. The lowest BCUT2D eigenvalue weighted by atomic mass is 10.0. The zero-order valence-electron chi connectivity index (χ0n) is 16.1. The molecule has 0 fully saturated rings. The van der Waals surface area contributed by atoms with Crippen LogP contribution >= 0.6 is 0 Å². The van der Waals surface area contributed by atoms with E-state index in [-0.39, 0.29) is 0 Å². The van der Waals surface area contributed by atoms with E-state index in [1.165, 1.54) is 31.9 Å². The van der Waals surface area contributed by atoms with Gasteiger partial charge in [-0.15, -0.1) is 0 Å². The summed E-state index contributed by atoms with van der Waals surface area (Å²) < 4.78 is 10.0. The predicted octanol–water partition coefficient (Wildman–Crippen LogP) is 4.03. The van der Waals surface area contributed by atoms with Crippen LogP contribution in [0.1, 0.15) is 58.1 Å². The number of ether oxygens (including phenoxy) is 2. The van der Waals surface area contributed by atoms with Gasteiger partial charge in [-0.2, -0.15) is 0 Å². The van der Waals surface area contributed by atoms with Crippen molar-refractivity contribution < 1.29 is 19.1 Å². The van der Waals surface area contributed by atoms with Gasteiger partial charge in [-0.25, -0.2) is 9.59 Å². The van der Waals surface area contributed by atoms with Crippen LogP contribution in [0, 0.1) is 0 Å². The molecule has 0 radical (unpaired) electrons. The highest BCUT2D eigenvalue weighted by Crippen LogP contribution is 2.12. The molecule has 0 aliphatic rings. The summed E-state index contributed by atoms with van der Waals surface area (Å²) in [5, 5.41) is 2.59. The Kier molecular flexibility index (Phi) is 8.46. The number of benzene rings is 1. The maximum atomic E-state index is 12.0. The first-order chi connectivity index (χ1) is 11.7. The van der Waals surface area contributed by atoms with E-state index in [0.717, 1.165) is 12.0 Å². The molecule has 140 valence electrons. The Morgan fingerprint density at radius 1 is 1.08 bits per heavy atom. The Balaban J connectivity index is 2.68. The second kappa shape index (κ2) is 10.1. The van der Waals surface area contributed by atoms with Gasteiger partial charge in [0.05, 0.1) is 7.11 Å². The number of alkyl carbamates (subject to hydrolysis) is 1. The van der Waals surface area contributed by atoms with Crippen molar-refractivity contribution in [3.8, 4) is 0 Å². The maximum absolute atomic E-state index is 12.0. The highest BCUT2D eigenvalue weighted by atomic mass is 16.6. The molecule has 25 heavy (non-hydrogen) atoms. The van der Waals surface area contributed by atoms with Gasteiger partial charge < -0.3 is 14.8 Å². The van der Waals surface area contributed by atoms with Crippen molar-refractivity contribution in [1.82, 2.24) is 5.32 Å². The van der Waals surface area contributed by atoms with Gasteiger partial charge in [0, 0.05) is 6.42 Å². The molecule has 0 heterocycles. The lowest BCUT2D eigenvalue weighted by Gasteiger charge is -2.22. The molecule has 1 atom stereocenters. The third kappa shape index (κ3) is 8.57. The molecule has 0 aromatic heterocycles. The number of rotatable bonds is 8. The summed E-state index contributed by atoms with van der Waals surface area (Å²) in [6.07, 6.45) is 4.41. The minimum absolute atomic E-state index is 0.362. The summed E-state index contributed by atoms with van der Waals surface area (Å²) in [6.45, 7) is 7.51. The van der Waals surface area contributed by atoms with E-state index in [9.17, 15) is 9.59 Å². The van der Waals surface area contributed by atoms with Crippen LogP contribution in [0.2, 0.25) is 0 Å². The number of nitrogens with one attached hydrogen (secondary N) is 1. The number of unbranched alkanes of at least 4 members (excludes halogenated alkanes) is 2. The first-order valence-corrected chi connectivity index (χ1v) is 8.90. The third-order valence-corrected chi connectivity index (χ3v) is 3.71. The monoisotopic (exact) mass is 349 g/mol. The molecule has 0 spiro atoms. The zero-order chi connectivity index (χ0) is 18.9.